The molecule has 1 unspecified atom stereocenters. The average molecular weight is 297 g/mol. The highest BCUT2D eigenvalue weighted by Gasteiger charge is 2.20. The zero-order valence-corrected chi connectivity index (χ0v) is 12.9. The molecule has 1 fully saturated rings. The maximum absolute atomic E-state index is 14.3. The fourth-order valence-electron chi connectivity index (χ4n) is 2.76. The number of hydrogen-bond acceptors (Lipinski definition) is 3. The van der Waals surface area contributed by atoms with Gasteiger partial charge in [-0.15, -0.1) is 0 Å². The van der Waals surface area contributed by atoms with Crippen LogP contribution >= 0.6 is 0 Å². The van der Waals surface area contributed by atoms with Crippen LogP contribution < -0.4 is 10.6 Å². The minimum atomic E-state index is -0.474. The summed E-state index contributed by atoms with van der Waals surface area (Å²) in [4.78, 5) is 4.00. The molecule has 1 heterocycles. The van der Waals surface area contributed by atoms with Gasteiger partial charge in [0.05, 0.1) is 0 Å². The van der Waals surface area contributed by atoms with Gasteiger partial charge in [0.15, 0.2) is 0 Å². The van der Waals surface area contributed by atoms with Crippen LogP contribution in [0.2, 0.25) is 0 Å². The highest BCUT2D eigenvalue weighted by Crippen LogP contribution is 2.26. The number of nitrogens with zero attached hydrogens (tertiary/aromatic N) is 2. The van der Waals surface area contributed by atoms with E-state index >= 15 is 0 Å². The zero-order valence-electron chi connectivity index (χ0n) is 12.9. The van der Waals surface area contributed by atoms with Crippen molar-refractivity contribution < 1.29 is 8.78 Å². The van der Waals surface area contributed by atoms with Crippen LogP contribution in [0.3, 0.4) is 0 Å². The molecule has 1 atom stereocenters. The summed E-state index contributed by atoms with van der Waals surface area (Å²) >= 11 is 0. The Morgan fingerprint density at radius 2 is 1.81 bits per heavy atom. The van der Waals surface area contributed by atoms with Gasteiger partial charge < -0.3 is 15.5 Å². The molecule has 118 valence electrons. The van der Waals surface area contributed by atoms with Gasteiger partial charge in [0, 0.05) is 25.7 Å². The van der Waals surface area contributed by atoms with E-state index in [-0.39, 0.29) is 11.7 Å². The van der Waals surface area contributed by atoms with Gasteiger partial charge in [-0.2, -0.15) is 0 Å². The molecule has 0 amide bonds. The molecule has 0 radical (unpaired) electrons. The molecule has 1 aromatic carbocycles. The van der Waals surface area contributed by atoms with Crippen molar-refractivity contribution >= 4 is 5.69 Å². The predicted molar refractivity (Wildman–Crippen MR) is 82.7 cm³/mol. The lowest BCUT2D eigenvalue weighted by Crippen LogP contribution is -2.30. The Hall–Kier alpha value is -1.20. The standard InChI is InChI=1S/C16H25F2N3/c1-3-13(19)9-12-10-14(17)16(15(18)11-12)21-6-4-5-20(2)7-8-21/h10-11,13H,3-9,19H2,1-2H3. The fraction of sp³-hybridized carbons (Fsp3) is 0.625. The third kappa shape index (κ3) is 4.14. The molecule has 2 N–H and O–H groups in total. The van der Waals surface area contributed by atoms with Crippen molar-refractivity contribution in [1.82, 2.24) is 4.90 Å². The molecule has 0 aliphatic carbocycles. The van der Waals surface area contributed by atoms with Gasteiger partial charge in [0.1, 0.15) is 17.3 Å². The summed E-state index contributed by atoms with van der Waals surface area (Å²) in [6.07, 6.45) is 2.22. The Labute approximate surface area is 125 Å². The van der Waals surface area contributed by atoms with E-state index < -0.39 is 11.6 Å². The Kier molecular flexibility index (Phi) is 5.53. The predicted octanol–water partition coefficient (Wildman–Crippen LogP) is 2.39. The summed E-state index contributed by atoms with van der Waals surface area (Å²) in [6, 6.07) is 2.81. The SMILES string of the molecule is CCC(N)Cc1cc(F)c(N2CCCN(C)CC2)c(F)c1. The largest absolute Gasteiger partial charge is 0.365 e. The van der Waals surface area contributed by atoms with Gasteiger partial charge in [-0.3, -0.25) is 0 Å². The molecule has 0 saturated carbocycles. The Morgan fingerprint density at radius 1 is 1.14 bits per heavy atom. The van der Waals surface area contributed by atoms with Crippen LogP contribution in [0.5, 0.6) is 0 Å². The molecule has 1 aromatic rings. The van der Waals surface area contributed by atoms with E-state index in [9.17, 15) is 8.78 Å². The first-order chi connectivity index (χ1) is 10.0. The first kappa shape index (κ1) is 16.2. The van der Waals surface area contributed by atoms with Gasteiger partial charge in [-0.25, -0.2) is 8.78 Å². The van der Waals surface area contributed by atoms with Crippen LogP contribution in [0.1, 0.15) is 25.3 Å². The summed E-state index contributed by atoms with van der Waals surface area (Å²) in [6.45, 7) is 5.09. The lowest BCUT2D eigenvalue weighted by molar-refractivity contribution is 0.360. The van der Waals surface area contributed by atoms with Gasteiger partial charge in [-0.05, 0) is 50.6 Å². The molecule has 5 heteroatoms. The Bertz CT molecular complexity index is 456. The number of anilines is 1. The van der Waals surface area contributed by atoms with Crippen LogP contribution in [0.4, 0.5) is 14.5 Å². The fourth-order valence-corrected chi connectivity index (χ4v) is 2.76. The lowest BCUT2D eigenvalue weighted by atomic mass is 10.0. The quantitative estimate of drug-likeness (QED) is 0.926. The van der Waals surface area contributed by atoms with Crippen molar-refractivity contribution in [3.05, 3.63) is 29.3 Å². The number of rotatable bonds is 4. The van der Waals surface area contributed by atoms with E-state index in [0.29, 0.717) is 25.1 Å². The number of nitrogens with two attached hydrogens (primary N) is 1. The summed E-state index contributed by atoms with van der Waals surface area (Å²) in [5, 5.41) is 0. The molecule has 21 heavy (non-hydrogen) atoms. The molecular weight excluding hydrogens is 272 g/mol. The third-order valence-corrected chi connectivity index (χ3v) is 4.13. The Balaban J connectivity index is 2.20. The average Bonchev–Trinajstić information content (AvgIpc) is 2.63. The summed E-state index contributed by atoms with van der Waals surface area (Å²) in [7, 11) is 2.03. The minimum absolute atomic E-state index is 0.0542. The topological polar surface area (TPSA) is 32.5 Å². The van der Waals surface area contributed by atoms with Crippen molar-refractivity contribution in [2.24, 2.45) is 5.73 Å². The van der Waals surface area contributed by atoms with Crippen molar-refractivity contribution in [3.8, 4) is 0 Å². The smallest absolute Gasteiger partial charge is 0.149 e. The number of benzene rings is 1. The second-order valence-corrected chi connectivity index (χ2v) is 5.92. The van der Waals surface area contributed by atoms with E-state index in [0.717, 1.165) is 25.9 Å². The van der Waals surface area contributed by atoms with Crippen molar-refractivity contribution in [3.63, 3.8) is 0 Å². The van der Waals surface area contributed by atoms with Crippen LogP contribution in [0.25, 0.3) is 0 Å². The molecule has 0 bridgehead atoms. The molecule has 2 rings (SSSR count). The van der Waals surface area contributed by atoms with E-state index in [1.54, 1.807) is 0 Å². The molecule has 1 aliphatic rings. The molecular formula is C16H25F2N3. The zero-order chi connectivity index (χ0) is 15.4. The number of halogens is 2. The highest BCUT2D eigenvalue weighted by molar-refractivity contribution is 5.51. The van der Waals surface area contributed by atoms with E-state index in [1.165, 1.54) is 12.1 Å². The van der Waals surface area contributed by atoms with Crippen LogP contribution in [0.15, 0.2) is 12.1 Å². The summed E-state index contributed by atoms with van der Waals surface area (Å²) in [5.74, 6) is -0.948. The normalized spacial score (nSPS) is 18.6. The van der Waals surface area contributed by atoms with E-state index in [4.69, 9.17) is 5.73 Å². The molecule has 0 aromatic heterocycles. The van der Waals surface area contributed by atoms with Crippen molar-refractivity contribution in [1.29, 1.82) is 0 Å². The van der Waals surface area contributed by atoms with Gasteiger partial charge in [-0.1, -0.05) is 6.92 Å². The maximum Gasteiger partial charge on any atom is 0.149 e. The number of hydrogen-bond donors (Lipinski definition) is 1. The van der Waals surface area contributed by atoms with Gasteiger partial charge >= 0.3 is 0 Å². The monoisotopic (exact) mass is 297 g/mol. The Morgan fingerprint density at radius 3 is 2.43 bits per heavy atom. The molecule has 0 spiro atoms. The molecule has 1 saturated heterocycles. The van der Waals surface area contributed by atoms with Crippen LogP contribution in [-0.4, -0.2) is 44.2 Å². The second-order valence-electron chi connectivity index (χ2n) is 5.92. The van der Waals surface area contributed by atoms with Crippen molar-refractivity contribution in [2.45, 2.75) is 32.2 Å². The summed E-state index contributed by atoms with van der Waals surface area (Å²) < 4.78 is 28.7. The molecule has 3 nitrogen and oxygen atoms in total. The van der Waals surface area contributed by atoms with E-state index in [1.807, 2.05) is 18.9 Å². The van der Waals surface area contributed by atoms with Crippen LogP contribution in [-0.2, 0) is 6.42 Å². The highest BCUT2D eigenvalue weighted by atomic mass is 19.1. The van der Waals surface area contributed by atoms with Crippen LogP contribution in [0, 0.1) is 11.6 Å². The molecule has 1 aliphatic heterocycles. The first-order valence-corrected chi connectivity index (χ1v) is 7.68. The maximum atomic E-state index is 14.3. The van der Waals surface area contributed by atoms with E-state index in [2.05, 4.69) is 4.90 Å². The first-order valence-electron chi connectivity index (χ1n) is 7.68. The third-order valence-electron chi connectivity index (χ3n) is 4.13. The number of likely N-dealkylation sites (N-methyl/N-ethyl adjacent to an activating group) is 1. The van der Waals surface area contributed by atoms with Gasteiger partial charge in [0.25, 0.3) is 0 Å². The van der Waals surface area contributed by atoms with Gasteiger partial charge in [0.2, 0.25) is 0 Å². The lowest BCUT2D eigenvalue weighted by Gasteiger charge is -2.24. The second kappa shape index (κ2) is 7.18. The minimum Gasteiger partial charge on any atom is -0.365 e. The summed E-state index contributed by atoms with van der Waals surface area (Å²) in [5.41, 5.74) is 6.61. The van der Waals surface area contributed by atoms with Crippen molar-refractivity contribution in [2.75, 3.05) is 38.1 Å².